The van der Waals surface area contributed by atoms with Gasteiger partial charge in [-0.15, -0.1) is 0 Å². The maximum Gasteiger partial charge on any atom is 0.254 e. The average molecular weight is 360 g/mol. The Morgan fingerprint density at radius 2 is 1.72 bits per heavy atom. The van der Waals surface area contributed by atoms with Gasteiger partial charge in [-0.2, -0.15) is 0 Å². The molecule has 1 N–H and O–H groups in total. The lowest BCUT2D eigenvalue weighted by Crippen LogP contribution is -2.46. The van der Waals surface area contributed by atoms with Crippen molar-refractivity contribution in [2.45, 2.75) is 43.7 Å². The van der Waals surface area contributed by atoms with E-state index in [1.165, 1.54) is 24.3 Å². The molecule has 2 aliphatic rings. The minimum atomic E-state index is -0.219. The van der Waals surface area contributed by atoms with Gasteiger partial charge >= 0.3 is 0 Å². The van der Waals surface area contributed by atoms with Crippen LogP contribution in [0, 0.1) is 5.82 Å². The molecule has 0 saturated carbocycles. The normalized spacial score (nSPS) is 25.2. The van der Waals surface area contributed by atoms with Gasteiger partial charge in [-0.25, -0.2) is 4.39 Å². The van der Waals surface area contributed by atoms with Gasteiger partial charge in [0.05, 0.1) is 5.02 Å². The van der Waals surface area contributed by atoms with Crippen molar-refractivity contribution in [1.29, 1.82) is 0 Å². The Morgan fingerprint density at radius 1 is 1.08 bits per heavy atom. The van der Waals surface area contributed by atoms with Crippen LogP contribution in [0.2, 0.25) is 5.02 Å². The molecule has 2 bridgehead atoms. The first-order chi connectivity index (χ1) is 12.0. The Kier molecular flexibility index (Phi) is 4.16. The fourth-order valence-electron chi connectivity index (χ4n) is 4.30. The number of hydrogen-bond acceptors (Lipinski definition) is 2. The lowest BCUT2D eigenvalue weighted by molar-refractivity contribution is 0.0571. The van der Waals surface area contributed by atoms with Gasteiger partial charge in [0.15, 0.2) is 0 Å². The number of benzene rings is 2. The summed E-state index contributed by atoms with van der Waals surface area (Å²) in [5.74, 6) is 0.109. The third-order valence-electron chi connectivity index (χ3n) is 5.50. The van der Waals surface area contributed by atoms with E-state index in [4.69, 9.17) is 11.6 Å². The van der Waals surface area contributed by atoms with Gasteiger partial charge in [0.1, 0.15) is 11.6 Å². The number of halogens is 2. The highest BCUT2D eigenvalue weighted by Gasteiger charge is 2.43. The van der Waals surface area contributed by atoms with E-state index in [0.29, 0.717) is 11.5 Å². The SMILES string of the molecule is O=C(c1ccc(O)c(Cl)c1)N1C2CCC1CC(c1ccc(F)cc1)C2. The summed E-state index contributed by atoms with van der Waals surface area (Å²) in [6.07, 6.45) is 3.80. The Morgan fingerprint density at radius 3 is 2.32 bits per heavy atom. The summed E-state index contributed by atoms with van der Waals surface area (Å²) in [4.78, 5) is 14.9. The summed E-state index contributed by atoms with van der Waals surface area (Å²) in [6, 6.07) is 11.7. The number of hydrogen-bond donors (Lipinski definition) is 1. The highest BCUT2D eigenvalue weighted by molar-refractivity contribution is 6.32. The number of amides is 1. The van der Waals surface area contributed by atoms with E-state index in [1.807, 2.05) is 17.0 Å². The molecule has 4 rings (SSSR count). The zero-order valence-electron chi connectivity index (χ0n) is 13.7. The van der Waals surface area contributed by atoms with E-state index in [1.54, 1.807) is 6.07 Å². The quantitative estimate of drug-likeness (QED) is 0.841. The van der Waals surface area contributed by atoms with Gasteiger partial charge in [0.25, 0.3) is 5.91 Å². The molecule has 0 aliphatic carbocycles. The van der Waals surface area contributed by atoms with E-state index < -0.39 is 0 Å². The van der Waals surface area contributed by atoms with Crippen molar-refractivity contribution in [2.75, 3.05) is 0 Å². The van der Waals surface area contributed by atoms with Gasteiger partial charge in [0, 0.05) is 17.6 Å². The second kappa shape index (κ2) is 6.34. The summed E-state index contributed by atoms with van der Waals surface area (Å²) < 4.78 is 13.2. The topological polar surface area (TPSA) is 40.5 Å². The van der Waals surface area contributed by atoms with Gasteiger partial charge in [-0.1, -0.05) is 23.7 Å². The third-order valence-corrected chi connectivity index (χ3v) is 5.81. The van der Waals surface area contributed by atoms with Crippen LogP contribution >= 0.6 is 11.6 Å². The number of piperidine rings is 1. The highest BCUT2D eigenvalue weighted by atomic mass is 35.5. The molecule has 5 heteroatoms. The van der Waals surface area contributed by atoms with Crippen LogP contribution in [0.3, 0.4) is 0 Å². The largest absolute Gasteiger partial charge is 0.506 e. The predicted molar refractivity (Wildman–Crippen MR) is 94.5 cm³/mol. The maximum atomic E-state index is 13.2. The molecule has 2 aliphatic heterocycles. The lowest BCUT2D eigenvalue weighted by Gasteiger charge is -2.39. The number of carbonyl (C=O) groups is 1. The monoisotopic (exact) mass is 359 g/mol. The predicted octanol–water partition coefficient (Wildman–Crippen LogP) is 4.74. The van der Waals surface area contributed by atoms with Crippen molar-refractivity contribution in [3.05, 3.63) is 64.4 Å². The van der Waals surface area contributed by atoms with Crippen LogP contribution in [0.15, 0.2) is 42.5 Å². The second-order valence-electron chi connectivity index (χ2n) is 6.98. The van der Waals surface area contributed by atoms with Crippen LogP contribution in [-0.2, 0) is 0 Å². The molecular formula is C20H19ClFNO2. The number of fused-ring (bicyclic) bond motifs is 2. The van der Waals surface area contributed by atoms with Crippen LogP contribution in [0.5, 0.6) is 5.75 Å². The van der Waals surface area contributed by atoms with Gasteiger partial charge < -0.3 is 10.0 Å². The van der Waals surface area contributed by atoms with Gasteiger partial charge in [-0.05, 0) is 67.5 Å². The van der Waals surface area contributed by atoms with Crippen LogP contribution in [0.1, 0.15) is 47.5 Å². The molecule has 0 radical (unpaired) electrons. The molecule has 2 unspecified atom stereocenters. The molecule has 2 atom stereocenters. The van der Waals surface area contributed by atoms with E-state index in [9.17, 15) is 14.3 Å². The molecule has 130 valence electrons. The Hall–Kier alpha value is -2.07. The van der Waals surface area contributed by atoms with Crippen LogP contribution in [0.25, 0.3) is 0 Å². The number of phenolic OH excluding ortho intramolecular Hbond substituents is 1. The van der Waals surface area contributed by atoms with Crippen molar-refractivity contribution < 1.29 is 14.3 Å². The Bertz CT molecular complexity index is 794. The molecule has 25 heavy (non-hydrogen) atoms. The zero-order valence-corrected chi connectivity index (χ0v) is 14.4. The first-order valence-corrected chi connectivity index (χ1v) is 8.97. The minimum Gasteiger partial charge on any atom is -0.506 e. The lowest BCUT2D eigenvalue weighted by atomic mass is 9.85. The number of rotatable bonds is 2. The van der Waals surface area contributed by atoms with Crippen molar-refractivity contribution in [2.24, 2.45) is 0 Å². The standard InChI is InChI=1S/C20H19ClFNO2/c21-18-11-13(3-8-19(18)24)20(25)23-16-6-7-17(23)10-14(9-16)12-1-4-15(22)5-2-12/h1-5,8,11,14,16-17,24H,6-7,9-10H2. The second-order valence-corrected chi connectivity index (χ2v) is 7.39. The van der Waals surface area contributed by atoms with Crippen LogP contribution in [-0.4, -0.2) is 28.0 Å². The number of nitrogens with zero attached hydrogens (tertiary/aromatic N) is 1. The van der Waals surface area contributed by atoms with E-state index in [-0.39, 0.29) is 34.6 Å². The summed E-state index contributed by atoms with van der Waals surface area (Å²) >= 11 is 5.95. The first kappa shape index (κ1) is 16.4. The Balaban J connectivity index is 1.55. The summed E-state index contributed by atoms with van der Waals surface area (Å²) in [5.41, 5.74) is 1.66. The van der Waals surface area contributed by atoms with Crippen molar-refractivity contribution >= 4 is 17.5 Å². The van der Waals surface area contributed by atoms with Crippen molar-refractivity contribution in [1.82, 2.24) is 4.90 Å². The zero-order chi connectivity index (χ0) is 17.6. The first-order valence-electron chi connectivity index (χ1n) is 8.59. The molecule has 2 aromatic carbocycles. The smallest absolute Gasteiger partial charge is 0.254 e. The van der Waals surface area contributed by atoms with Gasteiger partial charge in [-0.3, -0.25) is 4.79 Å². The van der Waals surface area contributed by atoms with E-state index in [2.05, 4.69) is 0 Å². The van der Waals surface area contributed by atoms with Crippen molar-refractivity contribution in [3.63, 3.8) is 0 Å². The molecule has 2 fully saturated rings. The van der Waals surface area contributed by atoms with Gasteiger partial charge in [0.2, 0.25) is 0 Å². The minimum absolute atomic E-state index is 0.0174. The van der Waals surface area contributed by atoms with Crippen molar-refractivity contribution in [3.8, 4) is 5.75 Å². The molecule has 1 amide bonds. The van der Waals surface area contributed by atoms with E-state index >= 15 is 0 Å². The maximum absolute atomic E-state index is 13.2. The summed E-state index contributed by atoms with van der Waals surface area (Å²) in [7, 11) is 0. The number of phenols is 1. The number of carbonyl (C=O) groups excluding carboxylic acids is 1. The fraction of sp³-hybridized carbons (Fsp3) is 0.350. The average Bonchev–Trinajstić information content (AvgIpc) is 2.87. The van der Waals surface area contributed by atoms with Crippen LogP contribution in [0.4, 0.5) is 4.39 Å². The third kappa shape index (κ3) is 2.99. The molecule has 2 heterocycles. The molecule has 3 nitrogen and oxygen atoms in total. The highest BCUT2D eigenvalue weighted by Crippen LogP contribution is 2.43. The molecular weight excluding hydrogens is 341 g/mol. The number of aromatic hydroxyl groups is 1. The molecule has 0 aromatic heterocycles. The molecule has 2 aromatic rings. The summed E-state index contributed by atoms with van der Waals surface area (Å²) in [5, 5.41) is 9.74. The molecule has 2 saturated heterocycles. The van der Waals surface area contributed by atoms with Crippen LogP contribution < -0.4 is 0 Å². The molecule has 0 spiro atoms. The summed E-state index contributed by atoms with van der Waals surface area (Å²) in [6.45, 7) is 0. The fourth-order valence-corrected chi connectivity index (χ4v) is 4.49. The van der Waals surface area contributed by atoms with E-state index in [0.717, 1.165) is 31.2 Å². The Labute approximate surface area is 151 Å².